The highest BCUT2D eigenvalue weighted by Gasteiger charge is 2.24. The van der Waals surface area contributed by atoms with Crippen LogP contribution in [0.4, 0.5) is 10.5 Å². The fourth-order valence-corrected chi connectivity index (χ4v) is 2.49. The van der Waals surface area contributed by atoms with Crippen LogP contribution in [0.25, 0.3) is 0 Å². The molecule has 2 N–H and O–H groups in total. The molecule has 1 aromatic carbocycles. The van der Waals surface area contributed by atoms with E-state index in [0.717, 1.165) is 30.6 Å². The quantitative estimate of drug-likeness (QED) is 0.888. The molecule has 2 amide bonds. The summed E-state index contributed by atoms with van der Waals surface area (Å²) in [5.41, 5.74) is 1.64. The molecule has 0 radical (unpaired) electrons. The summed E-state index contributed by atoms with van der Waals surface area (Å²) in [5.74, 6) is -0.815. The zero-order valence-electron chi connectivity index (χ0n) is 11.6. The molecule has 1 saturated heterocycles. The first-order valence-corrected chi connectivity index (χ1v) is 6.94. The van der Waals surface area contributed by atoms with Crippen LogP contribution in [0.1, 0.15) is 31.7 Å². The number of carboxylic acid groups (broad SMARTS) is 1. The van der Waals surface area contributed by atoms with Crippen LogP contribution in [-0.2, 0) is 11.2 Å². The number of nitrogens with one attached hydrogen (secondary N) is 1. The summed E-state index contributed by atoms with van der Waals surface area (Å²) < 4.78 is 0. The van der Waals surface area contributed by atoms with E-state index in [0.29, 0.717) is 6.42 Å². The van der Waals surface area contributed by atoms with Crippen LogP contribution >= 0.6 is 0 Å². The molecular formula is C15H20N2O3. The van der Waals surface area contributed by atoms with Crippen LogP contribution in [-0.4, -0.2) is 34.6 Å². The molecule has 0 aromatic heterocycles. The number of aliphatic carboxylic acids is 1. The molecule has 1 aliphatic heterocycles. The third kappa shape index (κ3) is 3.73. The van der Waals surface area contributed by atoms with Crippen LogP contribution in [0, 0.1) is 0 Å². The van der Waals surface area contributed by atoms with E-state index in [1.54, 1.807) is 0 Å². The van der Waals surface area contributed by atoms with Gasteiger partial charge in [0.25, 0.3) is 0 Å². The molecule has 1 unspecified atom stereocenters. The number of carboxylic acids is 1. The van der Waals surface area contributed by atoms with Crippen molar-refractivity contribution < 1.29 is 14.7 Å². The van der Waals surface area contributed by atoms with Gasteiger partial charge in [-0.05, 0) is 43.9 Å². The van der Waals surface area contributed by atoms with Crippen molar-refractivity contribution in [3.63, 3.8) is 0 Å². The van der Waals surface area contributed by atoms with Crippen LogP contribution in [0.3, 0.4) is 0 Å². The second-order valence-electron chi connectivity index (χ2n) is 5.21. The van der Waals surface area contributed by atoms with Crippen LogP contribution < -0.4 is 5.32 Å². The molecule has 0 bridgehead atoms. The number of benzene rings is 1. The maximum atomic E-state index is 12.1. The molecule has 20 heavy (non-hydrogen) atoms. The average Bonchev–Trinajstić information content (AvgIpc) is 2.83. The van der Waals surface area contributed by atoms with Crippen LogP contribution in [0.2, 0.25) is 0 Å². The van der Waals surface area contributed by atoms with Gasteiger partial charge in [0.1, 0.15) is 0 Å². The van der Waals surface area contributed by atoms with Gasteiger partial charge >= 0.3 is 12.0 Å². The Balaban J connectivity index is 1.96. The Morgan fingerprint density at radius 3 is 2.90 bits per heavy atom. The fourth-order valence-electron chi connectivity index (χ4n) is 2.49. The van der Waals surface area contributed by atoms with Crippen molar-refractivity contribution in [2.45, 2.75) is 38.6 Å². The van der Waals surface area contributed by atoms with E-state index < -0.39 is 5.97 Å². The highest BCUT2D eigenvalue weighted by molar-refractivity contribution is 5.89. The number of carbonyl (C=O) groups excluding carboxylic acids is 1. The van der Waals surface area contributed by atoms with E-state index in [1.165, 1.54) is 0 Å². The molecule has 1 heterocycles. The molecule has 0 saturated carbocycles. The van der Waals surface area contributed by atoms with Crippen molar-refractivity contribution in [2.24, 2.45) is 0 Å². The fraction of sp³-hybridized carbons (Fsp3) is 0.467. The summed E-state index contributed by atoms with van der Waals surface area (Å²) in [6, 6.07) is 7.57. The van der Waals surface area contributed by atoms with E-state index in [9.17, 15) is 9.59 Å². The van der Waals surface area contributed by atoms with Gasteiger partial charge in [-0.15, -0.1) is 0 Å². The molecule has 0 aliphatic carbocycles. The Labute approximate surface area is 118 Å². The maximum Gasteiger partial charge on any atom is 0.322 e. The minimum absolute atomic E-state index is 0.0783. The molecule has 1 aromatic rings. The normalized spacial score (nSPS) is 18.1. The van der Waals surface area contributed by atoms with E-state index in [4.69, 9.17) is 5.11 Å². The van der Waals surface area contributed by atoms with Crippen molar-refractivity contribution in [1.82, 2.24) is 4.90 Å². The van der Waals surface area contributed by atoms with Gasteiger partial charge in [-0.2, -0.15) is 0 Å². The molecule has 108 valence electrons. The first-order chi connectivity index (χ1) is 9.56. The van der Waals surface area contributed by atoms with Crippen molar-refractivity contribution in [1.29, 1.82) is 0 Å². The van der Waals surface area contributed by atoms with Gasteiger partial charge in [0.15, 0.2) is 0 Å². The van der Waals surface area contributed by atoms with Crippen molar-refractivity contribution >= 4 is 17.7 Å². The number of amides is 2. The number of hydrogen-bond donors (Lipinski definition) is 2. The van der Waals surface area contributed by atoms with Crippen molar-refractivity contribution in [3.8, 4) is 0 Å². The second-order valence-corrected chi connectivity index (χ2v) is 5.21. The standard InChI is InChI=1S/C15H20N2O3/c1-11-4-3-9-17(11)15(20)16-13-6-2-5-12(10-13)7-8-14(18)19/h2,5-6,10-11H,3-4,7-9H2,1H3,(H,16,20)(H,18,19). The summed E-state index contributed by atoms with van der Waals surface area (Å²) in [6.45, 7) is 2.85. The van der Waals surface area contributed by atoms with Gasteiger partial charge in [0, 0.05) is 24.7 Å². The third-order valence-electron chi connectivity index (χ3n) is 3.62. The lowest BCUT2D eigenvalue weighted by Gasteiger charge is -2.22. The van der Waals surface area contributed by atoms with E-state index in [-0.39, 0.29) is 18.5 Å². The Hall–Kier alpha value is -2.04. The third-order valence-corrected chi connectivity index (χ3v) is 3.62. The van der Waals surface area contributed by atoms with Gasteiger partial charge in [0.05, 0.1) is 0 Å². The number of likely N-dealkylation sites (tertiary alicyclic amines) is 1. The van der Waals surface area contributed by atoms with Crippen molar-refractivity contribution in [2.75, 3.05) is 11.9 Å². The number of aryl methyl sites for hydroxylation is 1. The summed E-state index contributed by atoms with van der Waals surface area (Å²) in [5, 5.41) is 11.6. The van der Waals surface area contributed by atoms with E-state index >= 15 is 0 Å². The first kappa shape index (κ1) is 14.4. The summed E-state index contributed by atoms with van der Waals surface area (Å²) in [7, 11) is 0. The van der Waals surface area contributed by atoms with Gasteiger partial charge < -0.3 is 15.3 Å². The molecule has 2 rings (SSSR count). The van der Waals surface area contributed by atoms with E-state index in [2.05, 4.69) is 12.2 Å². The van der Waals surface area contributed by atoms with Gasteiger partial charge in [-0.25, -0.2) is 4.79 Å². The Morgan fingerprint density at radius 2 is 2.25 bits per heavy atom. The zero-order valence-corrected chi connectivity index (χ0v) is 11.6. The number of nitrogens with zero attached hydrogens (tertiary/aromatic N) is 1. The number of hydrogen-bond acceptors (Lipinski definition) is 2. The molecular weight excluding hydrogens is 256 g/mol. The molecule has 1 atom stereocenters. The summed E-state index contributed by atoms with van der Waals surface area (Å²) in [4.78, 5) is 24.5. The SMILES string of the molecule is CC1CCCN1C(=O)Nc1cccc(CCC(=O)O)c1. The minimum Gasteiger partial charge on any atom is -0.481 e. The van der Waals surface area contributed by atoms with Gasteiger partial charge in [-0.1, -0.05) is 12.1 Å². The first-order valence-electron chi connectivity index (χ1n) is 6.94. The number of anilines is 1. The second kappa shape index (κ2) is 6.41. The number of carbonyl (C=O) groups is 2. The lowest BCUT2D eigenvalue weighted by molar-refractivity contribution is -0.136. The smallest absolute Gasteiger partial charge is 0.322 e. The molecule has 1 fully saturated rings. The molecule has 1 aliphatic rings. The highest BCUT2D eigenvalue weighted by atomic mass is 16.4. The largest absolute Gasteiger partial charge is 0.481 e. The van der Waals surface area contributed by atoms with Crippen molar-refractivity contribution in [3.05, 3.63) is 29.8 Å². The predicted octanol–water partition coefficient (Wildman–Crippen LogP) is 2.72. The molecule has 5 heteroatoms. The zero-order chi connectivity index (χ0) is 14.5. The number of urea groups is 1. The van der Waals surface area contributed by atoms with Gasteiger partial charge in [0.2, 0.25) is 0 Å². The minimum atomic E-state index is -0.815. The molecule has 0 spiro atoms. The summed E-state index contributed by atoms with van der Waals surface area (Å²) >= 11 is 0. The topological polar surface area (TPSA) is 69.6 Å². The van der Waals surface area contributed by atoms with Gasteiger partial charge in [-0.3, -0.25) is 4.79 Å². The Morgan fingerprint density at radius 1 is 1.45 bits per heavy atom. The number of rotatable bonds is 4. The monoisotopic (exact) mass is 276 g/mol. The average molecular weight is 276 g/mol. The Bertz CT molecular complexity index is 502. The lowest BCUT2D eigenvalue weighted by Crippen LogP contribution is -2.37. The lowest BCUT2D eigenvalue weighted by atomic mass is 10.1. The predicted molar refractivity (Wildman–Crippen MR) is 76.8 cm³/mol. The van der Waals surface area contributed by atoms with E-state index in [1.807, 2.05) is 29.2 Å². The molecule has 5 nitrogen and oxygen atoms in total. The highest BCUT2D eigenvalue weighted by Crippen LogP contribution is 2.19. The Kier molecular flexibility index (Phi) is 4.61. The van der Waals surface area contributed by atoms with Crippen LogP contribution in [0.15, 0.2) is 24.3 Å². The maximum absolute atomic E-state index is 12.1. The summed E-state index contributed by atoms with van der Waals surface area (Å²) in [6.07, 6.45) is 2.67. The van der Waals surface area contributed by atoms with Crippen LogP contribution in [0.5, 0.6) is 0 Å².